The number of carbonyl (C=O) groups is 1. The Hall–Kier alpha value is -3.75. The van der Waals surface area contributed by atoms with Gasteiger partial charge in [0.05, 0.1) is 17.8 Å². The van der Waals surface area contributed by atoms with Crippen LogP contribution in [0.5, 0.6) is 0 Å². The average Bonchev–Trinajstić information content (AvgIpc) is 3.35. The summed E-state index contributed by atoms with van der Waals surface area (Å²) in [6, 6.07) is 29.2. The number of fused-ring (bicyclic) bond motifs is 1. The smallest absolute Gasteiger partial charge is 0.278 e. The molecule has 0 aliphatic rings. The van der Waals surface area contributed by atoms with Crippen LogP contribution >= 0.6 is 23.5 Å². The van der Waals surface area contributed by atoms with E-state index in [4.69, 9.17) is 4.98 Å². The molecule has 2 heterocycles. The molecule has 0 unspecified atom stereocenters. The maximum absolute atomic E-state index is 13.6. The van der Waals surface area contributed by atoms with Crippen LogP contribution < -0.4 is 10.9 Å². The molecule has 5 aromatic rings. The molecule has 3 aromatic carbocycles. The lowest BCUT2D eigenvalue weighted by Gasteiger charge is -2.12. The van der Waals surface area contributed by atoms with Crippen LogP contribution in [0.4, 0.5) is 5.69 Å². The van der Waals surface area contributed by atoms with Crippen molar-refractivity contribution < 1.29 is 4.79 Å². The first-order chi connectivity index (χ1) is 17.6. The molecule has 8 heteroatoms. The van der Waals surface area contributed by atoms with Crippen molar-refractivity contribution >= 4 is 46.2 Å². The highest BCUT2D eigenvalue weighted by Crippen LogP contribution is 2.25. The zero-order valence-electron chi connectivity index (χ0n) is 19.6. The van der Waals surface area contributed by atoms with E-state index in [-0.39, 0.29) is 17.2 Å². The van der Waals surface area contributed by atoms with Gasteiger partial charge in [-0.1, -0.05) is 78.5 Å². The lowest BCUT2D eigenvalue weighted by Crippen LogP contribution is -2.25. The number of hydrogen-bond acceptors (Lipinski definition) is 5. The summed E-state index contributed by atoms with van der Waals surface area (Å²) >= 11 is 2.88. The van der Waals surface area contributed by atoms with E-state index in [0.29, 0.717) is 22.7 Å². The van der Waals surface area contributed by atoms with Gasteiger partial charge in [-0.15, -0.1) is 11.8 Å². The van der Waals surface area contributed by atoms with E-state index < -0.39 is 0 Å². The number of aromatic nitrogens is 3. The minimum atomic E-state index is -0.165. The fourth-order valence-electron chi connectivity index (χ4n) is 3.90. The Morgan fingerprint density at radius 3 is 2.47 bits per heavy atom. The summed E-state index contributed by atoms with van der Waals surface area (Å²) in [5.41, 5.74) is 4.40. The number of nitrogens with zero attached hydrogens (tertiary/aromatic N) is 2. The second kappa shape index (κ2) is 10.9. The average molecular weight is 513 g/mol. The summed E-state index contributed by atoms with van der Waals surface area (Å²) in [5.74, 6) is -0.0236. The van der Waals surface area contributed by atoms with Gasteiger partial charge in [0.2, 0.25) is 5.91 Å². The van der Waals surface area contributed by atoms with Crippen molar-refractivity contribution in [2.24, 2.45) is 0 Å². The molecule has 0 fully saturated rings. The zero-order valence-corrected chi connectivity index (χ0v) is 21.2. The van der Waals surface area contributed by atoms with Gasteiger partial charge in [0.15, 0.2) is 5.16 Å². The van der Waals surface area contributed by atoms with Crippen LogP contribution in [-0.2, 0) is 11.3 Å². The normalized spacial score (nSPS) is 11.0. The molecule has 0 aliphatic carbocycles. The number of hydrogen-bond donors (Lipinski definition) is 2. The van der Waals surface area contributed by atoms with Crippen molar-refractivity contribution in [3.8, 4) is 11.3 Å². The van der Waals surface area contributed by atoms with Crippen LogP contribution in [0.1, 0.15) is 5.56 Å². The molecule has 6 nitrogen and oxygen atoms in total. The van der Waals surface area contributed by atoms with Crippen molar-refractivity contribution in [3.63, 3.8) is 0 Å². The highest BCUT2D eigenvalue weighted by molar-refractivity contribution is 7.99. The maximum atomic E-state index is 13.6. The molecule has 2 aromatic heterocycles. The standard InChI is InChI=1S/C28H24N4O2S2/c1-35-22-14-8-13-21(15-22)29-25(33)18-36-28-31-24-16-23(20-11-6-3-7-12-20)30-26(24)27(34)32(28)17-19-9-4-2-5-10-19/h2-16,30H,17-18H2,1H3,(H,29,33). The number of aromatic amines is 1. The molecule has 2 N–H and O–H groups in total. The Bertz CT molecular complexity index is 1560. The van der Waals surface area contributed by atoms with E-state index in [1.807, 2.05) is 97.3 Å². The molecule has 1 amide bonds. The Labute approximate surface area is 217 Å². The second-order valence-electron chi connectivity index (χ2n) is 8.15. The predicted molar refractivity (Wildman–Crippen MR) is 149 cm³/mol. The highest BCUT2D eigenvalue weighted by atomic mass is 32.2. The lowest BCUT2D eigenvalue weighted by atomic mass is 10.2. The molecular weight excluding hydrogens is 488 g/mol. The number of H-pyrrole nitrogens is 1. The van der Waals surface area contributed by atoms with E-state index in [1.54, 1.807) is 16.3 Å². The van der Waals surface area contributed by atoms with Crippen molar-refractivity contribution in [3.05, 3.63) is 107 Å². The largest absolute Gasteiger partial charge is 0.349 e. The number of nitrogens with one attached hydrogen (secondary N) is 2. The SMILES string of the molecule is CSc1cccc(NC(=O)CSc2nc3cc(-c4ccccc4)[nH]c3c(=O)n2Cc2ccccc2)c1. The first-order valence-electron chi connectivity index (χ1n) is 11.4. The third kappa shape index (κ3) is 5.40. The summed E-state index contributed by atoms with van der Waals surface area (Å²) < 4.78 is 1.63. The summed E-state index contributed by atoms with van der Waals surface area (Å²) in [6.45, 7) is 0.363. The Kier molecular flexibility index (Phi) is 7.25. The third-order valence-electron chi connectivity index (χ3n) is 5.66. The van der Waals surface area contributed by atoms with Gasteiger partial charge >= 0.3 is 0 Å². The Morgan fingerprint density at radius 1 is 0.972 bits per heavy atom. The minimum absolute atomic E-state index is 0.131. The van der Waals surface area contributed by atoms with E-state index in [0.717, 1.165) is 27.4 Å². The molecule has 36 heavy (non-hydrogen) atoms. The highest BCUT2D eigenvalue weighted by Gasteiger charge is 2.16. The third-order valence-corrected chi connectivity index (χ3v) is 7.36. The van der Waals surface area contributed by atoms with Crippen LogP contribution in [0.3, 0.4) is 0 Å². The topological polar surface area (TPSA) is 79.8 Å². The van der Waals surface area contributed by atoms with Crippen LogP contribution in [0, 0.1) is 0 Å². The monoisotopic (exact) mass is 512 g/mol. The van der Waals surface area contributed by atoms with Gasteiger partial charge in [-0.3, -0.25) is 14.2 Å². The van der Waals surface area contributed by atoms with E-state index >= 15 is 0 Å². The summed E-state index contributed by atoms with van der Waals surface area (Å²) in [5, 5.41) is 3.44. The molecule has 5 rings (SSSR count). The van der Waals surface area contributed by atoms with Crippen LogP contribution in [0.15, 0.2) is 106 Å². The first-order valence-corrected chi connectivity index (χ1v) is 13.6. The number of carbonyl (C=O) groups excluding carboxylic acids is 1. The fraction of sp³-hybridized carbons (Fsp3) is 0.107. The molecular formula is C28H24N4O2S2. The molecule has 0 saturated carbocycles. The summed E-state index contributed by atoms with van der Waals surface area (Å²) in [6.07, 6.45) is 1.99. The van der Waals surface area contributed by atoms with Gasteiger partial charge in [0.1, 0.15) is 5.52 Å². The molecule has 0 saturated heterocycles. The van der Waals surface area contributed by atoms with Crippen LogP contribution in [0.2, 0.25) is 0 Å². The summed E-state index contributed by atoms with van der Waals surface area (Å²) in [7, 11) is 0. The van der Waals surface area contributed by atoms with Gasteiger partial charge in [-0.25, -0.2) is 4.98 Å². The van der Waals surface area contributed by atoms with Crippen molar-refractivity contribution in [1.82, 2.24) is 14.5 Å². The van der Waals surface area contributed by atoms with Crippen molar-refractivity contribution in [2.75, 3.05) is 17.3 Å². The fourth-order valence-corrected chi connectivity index (χ4v) is 5.15. The van der Waals surface area contributed by atoms with E-state index in [2.05, 4.69) is 10.3 Å². The predicted octanol–water partition coefficient (Wildman–Crippen LogP) is 5.89. The Morgan fingerprint density at radius 2 is 1.72 bits per heavy atom. The molecule has 0 radical (unpaired) electrons. The number of amides is 1. The number of thioether (sulfide) groups is 2. The quantitative estimate of drug-likeness (QED) is 0.200. The Balaban J connectivity index is 1.46. The second-order valence-corrected chi connectivity index (χ2v) is 9.97. The molecule has 0 atom stereocenters. The minimum Gasteiger partial charge on any atom is -0.349 e. The molecule has 0 spiro atoms. The molecule has 180 valence electrons. The van der Waals surface area contributed by atoms with Crippen LogP contribution in [-0.4, -0.2) is 32.5 Å². The van der Waals surface area contributed by atoms with Gasteiger partial charge in [-0.05, 0) is 41.6 Å². The molecule has 0 aliphatic heterocycles. The zero-order chi connectivity index (χ0) is 24.9. The lowest BCUT2D eigenvalue weighted by molar-refractivity contribution is -0.113. The van der Waals surface area contributed by atoms with E-state index in [1.165, 1.54) is 11.8 Å². The van der Waals surface area contributed by atoms with Crippen LogP contribution in [0.25, 0.3) is 22.3 Å². The first kappa shape index (κ1) is 24.0. The summed E-state index contributed by atoms with van der Waals surface area (Å²) in [4.78, 5) is 35.4. The maximum Gasteiger partial charge on any atom is 0.278 e. The van der Waals surface area contributed by atoms with Gasteiger partial charge in [0, 0.05) is 16.3 Å². The number of anilines is 1. The van der Waals surface area contributed by atoms with Gasteiger partial charge in [0.25, 0.3) is 5.56 Å². The van der Waals surface area contributed by atoms with Crippen molar-refractivity contribution in [2.45, 2.75) is 16.6 Å². The number of rotatable bonds is 8. The van der Waals surface area contributed by atoms with Gasteiger partial charge in [-0.2, -0.15) is 0 Å². The van der Waals surface area contributed by atoms with Gasteiger partial charge < -0.3 is 10.3 Å². The van der Waals surface area contributed by atoms with Crippen molar-refractivity contribution in [1.29, 1.82) is 0 Å². The number of benzene rings is 3. The molecule has 0 bridgehead atoms. The van der Waals surface area contributed by atoms with E-state index in [9.17, 15) is 9.59 Å².